The molecule has 1 aliphatic rings. The Hall–Kier alpha value is -1.87. The zero-order valence-corrected chi connectivity index (χ0v) is 12.4. The standard InChI is InChI=1S/C17H13BrO2/c18-14-6-1-11(2-7-14)9-13-4-3-12-5-8-15(19)10-16(12)17(13)20/h1-2,5-10,19H,3-4H2/b13-9+. The number of rotatable bonds is 1. The summed E-state index contributed by atoms with van der Waals surface area (Å²) in [5.74, 6) is 0.159. The van der Waals surface area contributed by atoms with E-state index in [9.17, 15) is 9.90 Å². The number of fused-ring (bicyclic) bond motifs is 1. The topological polar surface area (TPSA) is 37.3 Å². The second-order valence-electron chi connectivity index (χ2n) is 4.89. The summed E-state index contributed by atoms with van der Waals surface area (Å²) in [6.07, 6.45) is 3.51. The van der Waals surface area contributed by atoms with Gasteiger partial charge >= 0.3 is 0 Å². The Kier molecular flexibility index (Phi) is 3.45. The third kappa shape index (κ3) is 2.54. The zero-order chi connectivity index (χ0) is 14.1. The molecule has 0 aromatic heterocycles. The van der Waals surface area contributed by atoms with Crippen LogP contribution in [0.15, 0.2) is 52.5 Å². The van der Waals surface area contributed by atoms with E-state index in [1.54, 1.807) is 12.1 Å². The Morgan fingerprint density at radius 1 is 1.05 bits per heavy atom. The van der Waals surface area contributed by atoms with E-state index in [1.165, 1.54) is 0 Å². The molecule has 0 saturated heterocycles. The van der Waals surface area contributed by atoms with Crippen molar-refractivity contribution in [2.24, 2.45) is 0 Å². The maximum Gasteiger partial charge on any atom is 0.189 e. The van der Waals surface area contributed by atoms with Crippen LogP contribution in [0.4, 0.5) is 0 Å². The van der Waals surface area contributed by atoms with Crippen LogP contribution in [0.3, 0.4) is 0 Å². The number of Topliss-reactive ketones (excluding diaryl/α,β-unsaturated/α-hetero) is 1. The summed E-state index contributed by atoms with van der Waals surface area (Å²) in [5, 5.41) is 9.54. The molecule has 0 aliphatic heterocycles. The predicted octanol–water partition coefficient (Wildman–Crippen LogP) is 4.37. The number of halogens is 1. The van der Waals surface area contributed by atoms with Gasteiger partial charge in [0.15, 0.2) is 5.78 Å². The number of aromatic hydroxyl groups is 1. The number of phenolic OH excluding ortho intramolecular Hbond substituents is 1. The lowest BCUT2D eigenvalue weighted by atomic mass is 9.86. The van der Waals surface area contributed by atoms with Crippen molar-refractivity contribution in [1.82, 2.24) is 0 Å². The molecule has 1 N–H and O–H groups in total. The van der Waals surface area contributed by atoms with Crippen LogP contribution < -0.4 is 0 Å². The van der Waals surface area contributed by atoms with E-state index in [0.29, 0.717) is 5.56 Å². The molecule has 0 fully saturated rings. The minimum Gasteiger partial charge on any atom is -0.508 e. The largest absolute Gasteiger partial charge is 0.508 e. The number of ketones is 1. The molecule has 0 heterocycles. The van der Waals surface area contributed by atoms with Gasteiger partial charge in [0.2, 0.25) is 0 Å². The smallest absolute Gasteiger partial charge is 0.189 e. The first-order chi connectivity index (χ1) is 9.63. The van der Waals surface area contributed by atoms with Crippen LogP contribution in [0.1, 0.15) is 27.9 Å². The Morgan fingerprint density at radius 2 is 1.80 bits per heavy atom. The van der Waals surface area contributed by atoms with Gasteiger partial charge in [0, 0.05) is 15.6 Å². The number of carbonyl (C=O) groups excluding carboxylic acids is 1. The first-order valence-electron chi connectivity index (χ1n) is 6.46. The number of aryl methyl sites for hydroxylation is 1. The molecule has 1 aliphatic carbocycles. The van der Waals surface area contributed by atoms with Gasteiger partial charge in [-0.15, -0.1) is 0 Å². The van der Waals surface area contributed by atoms with E-state index in [1.807, 2.05) is 36.4 Å². The van der Waals surface area contributed by atoms with Crippen molar-refractivity contribution in [2.75, 3.05) is 0 Å². The van der Waals surface area contributed by atoms with Crippen LogP contribution in [0.25, 0.3) is 6.08 Å². The minimum absolute atomic E-state index is 0.0186. The number of phenols is 1. The van der Waals surface area contributed by atoms with Crippen LogP contribution in [0.2, 0.25) is 0 Å². The molecule has 0 spiro atoms. The van der Waals surface area contributed by atoms with Gasteiger partial charge in [-0.2, -0.15) is 0 Å². The summed E-state index contributed by atoms with van der Waals surface area (Å²) < 4.78 is 1.02. The Labute approximate surface area is 125 Å². The lowest BCUT2D eigenvalue weighted by molar-refractivity contribution is 0.102. The first-order valence-corrected chi connectivity index (χ1v) is 7.25. The van der Waals surface area contributed by atoms with Gasteiger partial charge < -0.3 is 5.11 Å². The molecule has 2 aromatic carbocycles. The SMILES string of the molecule is O=C1/C(=C/c2ccc(Br)cc2)CCc2ccc(O)cc21. The fraction of sp³-hybridized carbons (Fsp3) is 0.118. The summed E-state index contributed by atoms with van der Waals surface area (Å²) in [6.45, 7) is 0. The average Bonchev–Trinajstić information content (AvgIpc) is 2.45. The summed E-state index contributed by atoms with van der Waals surface area (Å²) in [6, 6.07) is 12.9. The highest BCUT2D eigenvalue weighted by atomic mass is 79.9. The Morgan fingerprint density at radius 3 is 2.55 bits per heavy atom. The van der Waals surface area contributed by atoms with Crippen LogP contribution in [0.5, 0.6) is 5.75 Å². The van der Waals surface area contributed by atoms with Crippen LogP contribution in [-0.2, 0) is 6.42 Å². The van der Waals surface area contributed by atoms with Crippen molar-refractivity contribution in [3.8, 4) is 5.75 Å². The monoisotopic (exact) mass is 328 g/mol. The van der Waals surface area contributed by atoms with Crippen molar-refractivity contribution < 1.29 is 9.90 Å². The van der Waals surface area contributed by atoms with Crippen LogP contribution >= 0.6 is 15.9 Å². The van der Waals surface area contributed by atoms with Crippen LogP contribution in [0, 0.1) is 0 Å². The van der Waals surface area contributed by atoms with Crippen molar-refractivity contribution in [1.29, 1.82) is 0 Å². The summed E-state index contributed by atoms with van der Waals surface area (Å²) >= 11 is 3.40. The Balaban J connectivity index is 1.97. The van der Waals surface area contributed by atoms with E-state index in [-0.39, 0.29) is 11.5 Å². The number of hydrogen-bond donors (Lipinski definition) is 1. The van der Waals surface area contributed by atoms with Crippen molar-refractivity contribution in [3.05, 3.63) is 69.2 Å². The molecule has 100 valence electrons. The van der Waals surface area contributed by atoms with Gasteiger partial charge in [-0.05, 0) is 54.3 Å². The molecule has 3 heteroatoms. The van der Waals surface area contributed by atoms with Gasteiger partial charge in [-0.1, -0.05) is 34.1 Å². The molecule has 0 unspecified atom stereocenters. The molecule has 20 heavy (non-hydrogen) atoms. The minimum atomic E-state index is 0.0186. The lowest BCUT2D eigenvalue weighted by Crippen LogP contribution is -2.13. The van der Waals surface area contributed by atoms with Crippen molar-refractivity contribution in [2.45, 2.75) is 12.8 Å². The van der Waals surface area contributed by atoms with Crippen molar-refractivity contribution >= 4 is 27.8 Å². The molecule has 2 aromatic rings. The quantitative estimate of drug-likeness (QED) is 0.789. The van der Waals surface area contributed by atoms with E-state index in [4.69, 9.17) is 0 Å². The van der Waals surface area contributed by atoms with E-state index < -0.39 is 0 Å². The fourth-order valence-corrected chi connectivity index (χ4v) is 2.71. The molecule has 0 amide bonds. The maximum atomic E-state index is 12.5. The highest BCUT2D eigenvalue weighted by Gasteiger charge is 2.22. The van der Waals surface area contributed by atoms with Crippen molar-refractivity contribution in [3.63, 3.8) is 0 Å². The summed E-state index contributed by atoms with van der Waals surface area (Å²) in [4.78, 5) is 12.5. The second kappa shape index (κ2) is 5.25. The summed E-state index contributed by atoms with van der Waals surface area (Å²) in [5.41, 5.74) is 3.45. The third-order valence-corrected chi connectivity index (χ3v) is 4.03. The molecule has 0 radical (unpaired) electrons. The molecular formula is C17H13BrO2. The maximum absolute atomic E-state index is 12.5. The van der Waals surface area contributed by atoms with Gasteiger partial charge in [-0.3, -0.25) is 4.79 Å². The zero-order valence-electron chi connectivity index (χ0n) is 10.8. The Bertz CT molecular complexity index is 699. The second-order valence-corrected chi connectivity index (χ2v) is 5.81. The average molecular weight is 329 g/mol. The van der Waals surface area contributed by atoms with E-state index >= 15 is 0 Å². The third-order valence-electron chi connectivity index (χ3n) is 3.50. The molecule has 3 rings (SSSR count). The highest BCUT2D eigenvalue weighted by molar-refractivity contribution is 9.10. The lowest BCUT2D eigenvalue weighted by Gasteiger charge is -2.17. The van der Waals surface area contributed by atoms with E-state index in [2.05, 4.69) is 15.9 Å². The predicted molar refractivity (Wildman–Crippen MR) is 82.9 cm³/mol. The molecule has 0 bridgehead atoms. The van der Waals surface area contributed by atoms with Gasteiger partial charge in [-0.25, -0.2) is 0 Å². The number of benzene rings is 2. The summed E-state index contributed by atoms with van der Waals surface area (Å²) in [7, 11) is 0. The van der Waals surface area contributed by atoms with Crippen LogP contribution in [-0.4, -0.2) is 10.9 Å². The molecule has 2 nitrogen and oxygen atoms in total. The van der Waals surface area contributed by atoms with Gasteiger partial charge in [0.05, 0.1) is 0 Å². The normalized spacial score (nSPS) is 16.2. The molecule has 0 saturated carbocycles. The molecular weight excluding hydrogens is 316 g/mol. The number of carbonyl (C=O) groups is 1. The number of hydrogen-bond acceptors (Lipinski definition) is 2. The van der Waals surface area contributed by atoms with Gasteiger partial charge in [0.25, 0.3) is 0 Å². The van der Waals surface area contributed by atoms with Gasteiger partial charge in [0.1, 0.15) is 5.75 Å². The van der Waals surface area contributed by atoms with E-state index in [0.717, 1.165) is 34.0 Å². The fourth-order valence-electron chi connectivity index (χ4n) is 2.45. The first kappa shape index (κ1) is 13.1. The number of allylic oxidation sites excluding steroid dienone is 1. The molecule has 0 atom stereocenters. The highest BCUT2D eigenvalue weighted by Crippen LogP contribution is 2.29.